The normalized spacial score (nSPS) is 17.9. The van der Waals surface area contributed by atoms with Gasteiger partial charge in [-0.05, 0) is 31.9 Å². The number of benzene rings is 1. The molecule has 0 radical (unpaired) electrons. The van der Waals surface area contributed by atoms with Gasteiger partial charge in [-0.1, -0.05) is 25.1 Å². The van der Waals surface area contributed by atoms with Gasteiger partial charge in [0.1, 0.15) is 0 Å². The SMILES string of the molecule is CCCN1CCC(Nc2ccccc2CO)CC1. The third-order valence-electron chi connectivity index (χ3n) is 3.67. The van der Waals surface area contributed by atoms with E-state index in [-0.39, 0.29) is 6.61 Å². The molecule has 1 fully saturated rings. The number of aliphatic hydroxyl groups is 1. The van der Waals surface area contributed by atoms with Crippen molar-refractivity contribution in [2.75, 3.05) is 25.0 Å². The molecule has 0 saturated carbocycles. The maximum atomic E-state index is 9.31. The van der Waals surface area contributed by atoms with E-state index in [9.17, 15) is 5.11 Å². The van der Waals surface area contributed by atoms with Crippen molar-refractivity contribution in [3.05, 3.63) is 29.8 Å². The van der Waals surface area contributed by atoms with Gasteiger partial charge < -0.3 is 15.3 Å². The largest absolute Gasteiger partial charge is 0.392 e. The van der Waals surface area contributed by atoms with Crippen molar-refractivity contribution in [3.63, 3.8) is 0 Å². The first-order valence-electron chi connectivity index (χ1n) is 7.01. The summed E-state index contributed by atoms with van der Waals surface area (Å²) in [7, 11) is 0. The summed E-state index contributed by atoms with van der Waals surface area (Å²) in [5, 5.41) is 12.9. The molecule has 1 aromatic rings. The summed E-state index contributed by atoms with van der Waals surface area (Å²) in [4.78, 5) is 2.54. The molecule has 18 heavy (non-hydrogen) atoms. The number of nitrogens with one attached hydrogen (secondary N) is 1. The number of piperidine rings is 1. The van der Waals surface area contributed by atoms with E-state index in [1.54, 1.807) is 0 Å². The fraction of sp³-hybridized carbons (Fsp3) is 0.600. The Balaban J connectivity index is 1.87. The molecule has 0 atom stereocenters. The summed E-state index contributed by atoms with van der Waals surface area (Å²) in [6.45, 7) is 5.94. The van der Waals surface area contributed by atoms with Crippen LogP contribution in [0.4, 0.5) is 5.69 Å². The van der Waals surface area contributed by atoms with Gasteiger partial charge in [0, 0.05) is 30.4 Å². The fourth-order valence-electron chi connectivity index (χ4n) is 2.64. The predicted octanol–water partition coefficient (Wildman–Crippen LogP) is 2.47. The molecular formula is C15H24N2O. The van der Waals surface area contributed by atoms with Crippen LogP contribution in [0.2, 0.25) is 0 Å². The van der Waals surface area contributed by atoms with Crippen LogP contribution in [0.15, 0.2) is 24.3 Å². The highest BCUT2D eigenvalue weighted by Crippen LogP contribution is 2.20. The number of hydrogen-bond acceptors (Lipinski definition) is 3. The lowest BCUT2D eigenvalue weighted by Crippen LogP contribution is -2.39. The molecule has 2 rings (SSSR count). The molecule has 2 N–H and O–H groups in total. The molecule has 1 heterocycles. The van der Waals surface area contributed by atoms with Crippen LogP contribution in [0.5, 0.6) is 0 Å². The van der Waals surface area contributed by atoms with Gasteiger partial charge >= 0.3 is 0 Å². The maximum Gasteiger partial charge on any atom is 0.0701 e. The van der Waals surface area contributed by atoms with E-state index in [0.29, 0.717) is 6.04 Å². The summed E-state index contributed by atoms with van der Waals surface area (Å²) in [5.41, 5.74) is 2.09. The second kappa shape index (κ2) is 6.76. The standard InChI is InChI=1S/C15H24N2O/c1-2-9-17-10-7-14(8-11-17)16-15-6-4-3-5-13(15)12-18/h3-6,14,16,18H,2,7-12H2,1H3. The molecule has 0 unspecified atom stereocenters. The van der Waals surface area contributed by atoms with Crippen molar-refractivity contribution in [1.29, 1.82) is 0 Å². The third kappa shape index (κ3) is 3.47. The van der Waals surface area contributed by atoms with E-state index < -0.39 is 0 Å². The first kappa shape index (κ1) is 13.4. The summed E-state index contributed by atoms with van der Waals surface area (Å²) in [6, 6.07) is 8.58. The van der Waals surface area contributed by atoms with Crippen molar-refractivity contribution in [1.82, 2.24) is 4.90 Å². The fourth-order valence-corrected chi connectivity index (χ4v) is 2.64. The monoisotopic (exact) mass is 248 g/mol. The summed E-state index contributed by atoms with van der Waals surface area (Å²) >= 11 is 0. The minimum Gasteiger partial charge on any atom is -0.392 e. The number of anilines is 1. The van der Waals surface area contributed by atoms with Crippen LogP contribution in [0.1, 0.15) is 31.7 Å². The zero-order valence-corrected chi connectivity index (χ0v) is 11.2. The Labute approximate surface area is 110 Å². The van der Waals surface area contributed by atoms with Crippen molar-refractivity contribution >= 4 is 5.69 Å². The lowest BCUT2D eigenvalue weighted by Gasteiger charge is -2.33. The average Bonchev–Trinajstić information content (AvgIpc) is 2.42. The topological polar surface area (TPSA) is 35.5 Å². The number of nitrogens with zero attached hydrogens (tertiary/aromatic N) is 1. The average molecular weight is 248 g/mol. The van der Waals surface area contributed by atoms with Crippen molar-refractivity contribution in [2.24, 2.45) is 0 Å². The van der Waals surface area contributed by atoms with Gasteiger partial charge in [0.05, 0.1) is 6.61 Å². The molecule has 0 aliphatic carbocycles. The summed E-state index contributed by atoms with van der Waals surface area (Å²) in [6.07, 6.45) is 3.63. The van der Waals surface area contributed by atoms with E-state index in [2.05, 4.69) is 23.2 Å². The van der Waals surface area contributed by atoms with Crippen molar-refractivity contribution < 1.29 is 5.11 Å². The Morgan fingerprint density at radius 3 is 2.67 bits per heavy atom. The molecule has 3 nitrogen and oxygen atoms in total. The highest BCUT2D eigenvalue weighted by atomic mass is 16.3. The zero-order valence-electron chi connectivity index (χ0n) is 11.2. The molecule has 100 valence electrons. The second-order valence-electron chi connectivity index (χ2n) is 5.08. The number of para-hydroxylation sites is 1. The van der Waals surface area contributed by atoms with Crippen LogP contribution in [-0.2, 0) is 6.61 Å². The lowest BCUT2D eigenvalue weighted by atomic mass is 10.0. The van der Waals surface area contributed by atoms with E-state index in [1.807, 2.05) is 18.2 Å². The third-order valence-corrected chi connectivity index (χ3v) is 3.67. The minimum absolute atomic E-state index is 0.109. The van der Waals surface area contributed by atoms with Crippen LogP contribution < -0.4 is 5.32 Å². The molecule has 3 heteroatoms. The molecule has 1 aliphatic rings. The predicted molar refractivity (Wildman–Crippen MR) is 75.7 cm³/mol. The van der Waals surface area contributed by atoms with Crippen LogP contribution in [0.3, 0.4) is 0 Å². The van der Waals surface area contributed by atoms with E-state index in [1.165, 1.54) is 38.9 Å². The summed E-state index contributed by atoms with van der Waals surface area (Å²) < 4.78 is 0. The van der Waals surface area contributed by atoms with Gasteiger partial charge in [0.25, 0.3) is 0 Å². The highest BCUT2D eigenvalue weighted by Gasteiger charge is 2.18. The van der Waals surface area contributed by atoms with Gasteiger partial charge in [-0.15, -0.1) is 0 Å². The smallest absolute Gasteiger partial charge is 0.0701 e. The molecule has 1 aliphatic heterocycles. The van der Waals surface area contributed by atoms with E-state index in [0.717, 1.165) is 11.3 Å². The molecule has 1 saturated heterocycles. The Kier molecular flexibility index (Phi) is 5.02. The van der Waals surface area contributed by atoms with Crippen LogP contribution in [-0.4, -0.2) is 35.7 Å². The van der Waals surface area contributed by atoms with E-state index >= 15 is 0 Å². The first-order chi connectivity index (χ1) is 8.83. The molecule has 0 amide bonds. The number of aliphatic hydroxyl groups excluding tert-OH is 1. The van der Waals surface area contributed by atoms with Crippen LogP contribution >= 0.6 is 0 Å². The zero-order chi connectivity index (χ0) is 12.8. The Bertz CT molecular complexity index is 359. The van der Waals surface area contributed by atoms with Gasteiger partial charge in [-0.25, -0.2) is 0 Å². The Hall–Kier alpha value is -1.06. The minimum atomic E-state index is 0.109. The molecule has 0 spiro atoms. The number of likely N-dealkylation sites (tertiary alicyclic amines) is 1. The highest BCUT2D eigenvalue weighted by molar-refractivity contribution is 5.51. The van der Waals surface area contributed by atoms with Gasteiger partial charge in [-0.2, -0.15) is 0 Å². The number of hydrogen-bond donors (Lipinski definition) is 2. The Morgan fingerprint density at radius 1 is 1.28 bits per heavy atom. The lowest BCUT2D eigenvalue weighted by molar-refractivity contribution is 0.219. The number of rotatable bonds is 5. The van der Waals surface area contributed by atoms with Crippen LogP contribution in [0.25, 0.3) is 0 Å². The van der Waals surface area contributed by atoms with Crippen molar-refractivity contribution in [3.8, 4) is 0 Å². The summed E-state index contributed by atoms with van der Waals surface area (Å²) in [5.74, 6) is 0. The van der Waals surface area contributed by atoms with Gasteiger partial charge in [0.15, 0.2) is 0 Å². The second-order valence-corrected chi connectivity index (χ2v) is 5.08. The molecular weight excluding hydrogens is 224 g/mol. The molecule has 0 aromatic heterocycles. The van der Waals surface area contributed by atoms with E-state index in [4.69, 9.17) is 0 Å². The first-order valence-corrected chi connectivity index (χ1v) is 7.01. The quantitative estimate of drug-likeness (QED) is 0.840. The molecule has 0 bridgehead atoms. The maximum absolute atomic E-state index is 9.31. The van der Waals surface area contributed by atoms with Gasteiger partial charge in [0.2, 0.25) is 0 Å². The van der Waals surface area contributed by atoms with Crippen LogP contribution in [0, 0.1) is 0 Å². The van der Waals surface area contributed by atoms with Crippen molar-refractivity contribution in [2.45, 2.75) is 38.8 Å². The van der Waals surface area contributed by atoms with Gasteiger partial charge in [-0.3, -0.25) is 0 Å². The molecule has 1 aromatic carbocycles. The Morgan fingerprint density at radius 2 is 2.00 bits per heavy atom.